The van der Waals surface area contributed by atoms with Gasteiger partial charge < -0.3 is 15.0 Å². The van der Waals surface area contributed by atoms with Gasteiger partial charge in [-0.25, -0.2) is 4.98 Å². The second-order valence-corrected chi connectivity index (χ2v) is 8.75. The van der Waals surface area contributed by atoms with Gasteiger partial charge in [0, 0.05) is 34.0 Å². The molecule has 2 aromatic heterocycles. The molecular formula is C20H20ClN3O2S. The van der Waals surface area contributed by atoms with Gasteiger partial charge in [0.05, 0.1) is 22.8 Å². The number of fused-ring (bicyclic) bond motifs is 1. The van der Waals surface area contributed by atoms with Crippen molar-refractivity contribution in [3.05, 3.63) is 45.5 Å². The lowest BCUT2D eigenvalue weighted by Crippen LogP contribution is -2.29. The number of nitrogens with one attached hydrogen (secondary N) is 2. The maximum absolute atomic E-state index is 12.3. The molecule has 5 nitrogen and oxygen atoms in total. The van der Waals surface area contributed by atoms with Crippen molar-refractivity contribution < 1.29 is 9.53 Å². The molecule has 5 rings (SSSR count). The first-order valence-electron chi connectivity index (χ1n) is 9.22. The van der Waals surface area contributed by atoms with E-state index in [0.29, 0.717) is 29.3 Å². The van der Waals surface area contributed by atoms with E-state index in [1.807, 2.05) is 23.6 Å². The van der Waals surface area contributed by atoms with Crippen LogP contribution in [-0.2, 0) is 17.9 Å². The van der Waals surface area contributed by atoms with Gasteiger partial charge in [0.2, 0.25) is 5.91 Å². The van der Waals surface area contributed by atoms with E-state index >= 15 is 0 Å². The first kappa shape index (κ1) is 17.1. The fourth-order valence-electron chi connectivity index (χ4n) is 4.07. The highest BCUT2D eigenvalue weighted by atomic mass is 35.5. The molecule has 1 atom stereocenters. The monoisotopic (exact) mass is 401 g/mol. The minimum absolute atomic E-state index is 0.193. The Bertz CT molecular complexity index is 994. The van der Waals surface area contributed by atoms with E-state index in [2.05, 4.69) is 15.3 Å². The lowest BCUT2D eigenvalue weighted by atomic mass is 9.80. The second kappa shape index (κ2) is 6.53. The highest BCUT2D eigenvalue weighted by Crippen LogP contribution is 2.65. The number of hydrogen-bond donors (Lipinski definition) is 2. The summed E-state index contributed by atoms with van der Waals surface area (Å²) in [6.45, 7) is 0.897. The molecule has 7 heteroatoms. The van der Waals surface area contributed by atoms with Crippen LogP contribution in [0, 0.1) is 11.3 Å². The topological polar surface area (TPSA) is 67.0 Å². The van der Waals surface area contributed by atoms with Crippen LogP contribution in [0.15, 0.2) is 29.1 Å². The first-order chi connectivity index (χ1) is 13.1. The number of H-pyrrole nitrogens is 1. The highest BCUT2D eigenvalue weighted by molar-refractivity contribution is 7.07. The van der Waals surface area contributed by atoms with Gasteiger partial charge in [-0.1, -0.05) is 18.0 Å². The number of rotatable bonds is 6. The standard InChI is InChI=1S/C20H20ClN3O2S/c21-16-5-12-4-13(8-22-19(25)15-7-20(15)2-1-3-20)24-17(12)6-18(16)26-9-14-10-27-11-23-14/h4-6,10-11,15,24H,1-3,7-9H2,(H,22,25). The number of thiazole rings is 1. The average Bonchev–Trinajstić information content (AvgIpc) is 2.98. The summed E-state index contributed by atoms with van der Waals surface area (Å²) < 4.78 is 5.80. The summed E-state index contributed by atoms with van der Waals surface area (Å²) in [6, 6.07) is 5.82. The van der Waals surface area contributed by atoms with Crippen LogP contribution in [0.5, 0.6) is 5.75 Å². The van der Waals surface area contributed by atoms with Gasteiger partial charge >= 0.3 is 0 Å². The molecule has 27 heavy (non-hydrogen) atoms. The quantitative estimate of drug-likeness (QED) is 0.631. The maximum Gasteiger partial charge on any atom is 0.224 e. The third kappa shape index (κ3) is 3.21. The van der Waals surface area contributed by atoms with Crippen molar-refractivity contribution >= 4 is 39.7 Å². The van der Waals surface area contributed by atoms with Crippen LogP contribution in [0.1, 0.15) is 37.1 Å². The minimum Gasteiger partial charge on any atom is -0.486 e. The SMILES string of the molecule is O=C(NCc1cc2cc(Cl)c(OCc3cscn3)cc2[nH]1)C1CC12CCC2. The zero-order chi connectivity index (χ0) is 18.4. The number of hydrogen-bond acceptors (Lipinski definition) is 4. The summed E-state index contributed by atoms with van der Waals surface area (Å²) in [5.74, 6) is 1.05. The maximum atomic E-state index is 12.3. The number of ether oxygens (including phenoxy) is 1. The third-order valence-corrected chi connectivity index (χ3v) is 6.83. The molecule has 1 spiro atoms. The highest BCUT2D eigenvalue weighted by Gasteiger charge is 2.60. The zero-order valence-electron chi connectivity index (χ0n) is 14.8. The Kier molecular flexibility index (Phi) is 4.13. The number of nitrogens with zero attached hydrogens (tertiary/aromatic N) is 1. The van der Waals surface area contributed by atoms with Crippen molar-refractivity contribution in [3.8, 4) is 5.75 Å². The average molecular weight is 402 g/mol. The van der Waals surface area contributed by atoms with Crippen molar-refractivity contribution in [2.45, 2.75) is 38.8 Å². The molecule has 2 fully saturated rings. The van der Waals surface area contributed by atoms with E-state index in [0.717, 1.165) is 28.7 Å². The molecular weight excluding hydrogens is 382 g/mol. The lowest BCUT2D eigenvalue weighted by Gasteiger charge is -2.26. The smallest absolute Gasteiger partial charge is 0.224 e. The van der Waals surface area contributed by atoms with E-state index in [1.54, 1.807) is 5.51 Å². The Morgan fingerprint density at radius 3 is 3.00 bits per heavy atom. The van der Waals surface area contributed by atoms with Crippen molar-refractivity contribution in [2.24, 2.45) is 11.3 Å². The third-order valence-electron chi connectivity index (χ3n) is 5.90. The van der Waals surface area contributed by atoms with Gasteiger partial charge in [0.25, 0.3) is 0 Å². The molecule has 0 radical (unpaired) electrons. The van der Waals surface area contributed by atoms with Gasteiger partial charge in [0.15, 0.2) is 0 Å². The summed E-state index contributed by atoms with van der Waals surface area (Å²) >= 11 is 7.90. The van der Waals surface area contributed by atoms with Crippen LogP contribution in [0.25, 0.3) is 10.9 Å². The molecule has 0 bridgehead atoms. The van der Waals surface area contributed by atoms with Crippen LogP contribution in [0.2, 0.25) is 5.02 Å². The molecule has 2 saturated carbocycles. The number of aromatic amines is 1. The molecule has 1 unspecified atom stereocenters. The van der Waals surface area contributed by atoms with Gasteiger partial charge in [-0.05, 0) is 36.8 Å². The van der Waals surface area contributed by atoms with Crippen molar-refractivity contribution in [2.75, 3.05) is 0 Å². The van der Waals surface area contributed by atoms with Gasteiger partial charge in [-0.15, -0.1) is 11.3 Å². The number of carbonyl (C=O) groups excluding carboxylic acids is 1. The Labute approximate surface area is 166 Å². The number of benzene rings is 1. The summed E-state index contributed by atoms with van der Waals surface area (Å²) in [4.78, 5) is 19.9. The Balaban J connectivity index is 1.25. The van der Waals surface area contributed by atoms with E-state index in [-0.39, 0.29) is 11.8 Å². The van der Waals surface area contributed by atoms with Crippen molar-refractivity contribution in [1.82, 2.24) is 15.3 Å². The van der Waals surface area contributed by atoms with Crippen molar-refractivity contribution in [1.29, 1.82) is 0 Å². The molecule has 1 aromatic carbocycles. The van der Waals surface area contributed by atoms with E-state index < -0.39 is 0 Å². The zero-order valence-corrected chi connectivity index (χ0v) is 16.3. The minimum atomic E-state index is 0.193. The molecule has 140 valence electrons. The molecule has 2 aliphatic rings. The van der Waals surface area contributed by atoms with Crippen molar-refractivity contribution in [3.63, 3.8) is 0 Å². The van der Waals surface area contributed by atoms with E-state index in [9.17, 15) is 4.79 Å². The summed E-state index contributed by atoms with van der Waals surface area (Å²) in [5.41, 5.74) is 4.94. The predicted molar refractivity (Wildman–Crippen MR) is 106 cm³/mol. The number of carbonyl (C=O) groups is 1. The van der Waals surface area contributed by atoms with Gasteiger partial charge in [0.1, 0.15) is 12.4 Å². The van der Waals surface area contributed by atoms with E-state index in [4.69, 9.17) is 16.3 Å². The predicted octanol–water partition coefficient (Wildman–Crippen LogP) is 4.66. The molecule has 2 N–H and O–H groups in total. The fourth-order valence-corrected chi connectivity index (χ4v) is 4.84. The molecule has 0 saturated heterocycles. The normalized spacial score (nSPS) is 19.8. The van der Waals surface area contributed by atoms with E-state index in [1.165, 1.54) is 30.6 Å². The molecule has 2 aliphatic carbocycles. The largest absolute Gasteiger partial charge is 0.486 e. The molecule has 0 aliphatic heterocycles. The second-order valence-electron chi connectivity index (χ2n) is 7.62. The van der Waals surface area contributed by atoms with Crippen LogP contribution in [-0.4, -0.2) is 15.9 Å². The lowest BCUT2D eigenvalue weighted by molar-refractivity contribution is -0.123. The number of halogens is 1. The van der Waals surface area contributed by atoms with Gasteiger partial charge in [-0.3, -0.25) is 4.79 Å². The summed E-state index contributed by atoms with van der Waals surface area (Å²) in [6.07, 6.45) is 4.79. The molecule has 2 heterocycles. The number of aromatic nitrogens is 2. The Morgan fingerprint density at radius 1 is 1.41 bits per heavy atom. The molecule has 3 aromatic rings. The Hall–Kier alpha value is -2.05. The van der Waals surface area contributed by atoms with Gasteiger partial charge in [-0.2, -0.15) is 0 Å². The number of amides is 1. The fraction of sp³-hybridized carbons (Fsp3) is 0.400. The van der Waals surface area contributed by atoms with Crippen LogP contribution in [0.4, 0.5) is 0 Å². The summed E-state index contributed by atoms with van der Waals surface area (Å²) in [7, 11) is 0. The molecule has 1 amide bonds. The van der Waals surface area contributed by atoms with Crippen LogP contribution in [0.3, 0.4) is 0 Å². The first-order valence-corrected chi connectivity index (χ1v) is 10.5. The van der Waals surface area contributed by atoms with Crippen LogP contribution < -0.4 is 10.1 Å². The summed E-state index contributed by atoms with van der Waals surface area (Å²) in [5, 5.41) is 6.60. The van der Waals surface area contributed by atoms with Crippen LogP contribution >= 0.6 is 22.9 Å². The Morgan fingerprint density at radius 2 is 2.30 bits per heavy atom.